The molecule has 2 atom stereocenters. The number of hydrogen-bond donors (Lipinski definition) is 4. The third-order valence-corrected chi connectivity index (χ3v) is 14.4. The molecule has 8 aromatic rings. The Morgan fingerprint density at radius 3 is 1.83 bits per heavy atom. The lowest BCUT2D eigenvalue weighted by atomic mass is 9.99. The summed E-state index contributed by atoms with van der Waals surface area (Å²) in [7, 11) is 2.90. The van der Waals surface area contributed by atoms with Gasteiger partial charge >= 0.3 is 5.97 Å². The number of carboxylic acids is 1. The maximum absolute atomic E-state index is 12.4. The number of methoxy groups -OCH3 is 2. The normalized spacial score (nSPS) is 16.2. The van der Waals surface area contributed by atoms with Gasteiger partial charge in [-0.1, -0.05) is 12.2 Å². The SMILES string of the molecule is CC1NCCC=C1c1cc2c(Nc3ccc4scnc4c3)ccnc2s1.COCC(=O)N1CCC=C(c2cc3c(Nc4ccc5scnc5c4)ccnc3s2)C1C.COCC(=O)O. The zero-order chi connectivity index (χ0) is 43.9. The molecule has 0 saturated heterocycles. The van der Waals surface area contributed by atoms with Crippen molar-refractivity contribution < 1.29 is 24.2 Å². The summed E-state index contributed by atoms with van der Waals surface area (Å²) in [4.78, 5) is 46.3. The molecule has 2 unspecified atom stereocenters. The number of carbonyl (C=O) groups excluding carboxylic acids is 1. The zero-order valence-electron chi connectivity index (χ0n) is 35.1. The fraction of sp³-hybridized carbons (Fsp3) is 0.261. The van der Waals surface area contributed by atoms with Gasteiger partial charge in [-0.15, -0.1) is 45.3 Å². The molecule has 0 spiro atoms. The van der Waals surface area contributed by atoms with Crippen molar-refractivity contribution in [1.29, 1.82) is 0 Å². The molecule has 8 heterocycles. The molecule has 1 amide bonds. The number of fused-ring (bicyclic) bond motifs is 4. The summed E-state index contributed by atoms with van der Waals surface area (Å²) in [5.41, 5.74) is 12.5. The van der Waals surface area contributed by atoms with Crippen LogP contribution < -0.4 is 16.0 Å². The summed E-state index contributed by atoms with van der Waals surface area (Å²) in [5.74, 6) is -0.905. The van der Waals surface area contributed by atoms with E-state index in [1.54, 1.807) is 52.5 Å². The van der Waals surface area contributed by atoms with Crippen molar-refractivity contribution in [3.63, 3.8) is 0 Å². The number of carbonyl (C=O) groups is 2. The Kier molecular flexibility index (Phi) is 14.1. The largest absolute Gasteiger partial charge is 0.480 e. The molecule has 0 bridgehead atoms. The van der Waals surface area contributed by atoms with E-state index >= 15 is 0 Å². The lowest BCUT2D eigenvalue weighted by Crippen LogP contribution is -2.43. The van der Waals surface area contributed by atoms with Crippen LogP contribution >= 0.6 is 45.3 Å². The van der Waals surface area contributed by atoms with Crippen molar-refractivity contribution in [2.24, 2.45) is 0 Å². The fourth-order valence-electron chi connectivity index (χ4n) is 7.56. The molecule has 17 heteroatoms. The Bertz CT molecular complexity index is 2950. The van der Waals surface area contributed by atoms with Crippen molar-refractivity contribution in [3.8, 4) is 0 Å². The van der Waals surface area contributed by atoms with Crippen molar-refractivity contribution in [2.75, 3.05) is 51.2 Å². The highest BCUT2D eigenvalue weighted by molar-refractivity contribution is 7.20. The van der Waals surface area contributed by atoms with Crippen LogP contribution in [0.4, 0.5) is 22.7 Å². The van der Waals surface area contributed by atoms with E-state index in [9.17, 15) is 9.59 Å². The minimum absolute atomic E-state index is 0.00736. The Morgan fingerprint density at radius 1 is 0.746 bits per heavy atom. The molecule has 0 fully saturated rings. The summed E-state index contributed by atoms with van der Waals surface area (Å²) in [6.45, 7) is 5.99. The van der Waals surface area contributed by atoms with E-state index in [0.29, 0.717) is 6.04 Å². The van der Waals surface area contributed by atoms with E-state index in [1.807, 2.05) is 40.4 Å². The van der Waals surface area contributed by atoms with Crippen LogP contribution in [0.3, 0.4) is 0 Å². The zero-order valence-corrected chi connectivity index (χ0v) is 38.4. The van der Waals surface area contributed by atoms with Crippen molar-refractivity contribution in [2.45, 2.75) is 38.8 Å². The maximum atomic E-state index is 12.4. The average Bonchev–Trinajstić information content (AvgIpc) is 4.11. The number of thiophene rings is 2. The van der Waals surface area contributed by atoms with E-state index in [4.69, 9.17) is 9.84 Å². The van der Waals surface area contributed by atoms with E-state index in [0.717, 1.165) is 79.6 Å². The topological polar surface area (TPSA) is 164 Å². The summed E-state index contributed by atoms with van der Waals surface area (Å²) < 4.78 is 11.6. The van der Waals surface area contributed by atoms with Gasteiger partial charge in [-0.2, -0.15) is 0 Å². The Labute approximate surface area is 380 Å². The molecule has 6 aromatic heterocycles. The summed E-state index contributed by atoms with van der Waals surface area (Å²) >= 11 is 6.73. The van der Waals surface area contributed by atoms with E-state index in [-0.39, 0.29) is 25.2 Å². The Morgan fingerprint density at radius 2 is 1.30 bits per heavy atom. The van der Waals surface area contributed by atoms with Crippen molar-refractivity contribution in [1.82, 2.24) is 30.2 Å². The monoisotopic (exact) mass is 918 g/mol. The predicted octanol–water partition coefficient (Wildman–Crippen LogP) is 10.4. The number of amides is 1. The van der Waals surface area contributed by atoms with Gasteiger partial charge in [0.2, 0.25) is 5.91 Å². The lowest BCUT2D eigenvalue weighted by molar-refractivity contribution is -0.141. The first-order valence-electron chi connectivity index (χ1n) is 20.3. The molecule has 10 rings (SSSR count). The van der Waals surface area contributed by atoms with E-state index < -0.39 is 5.97 Å². The molecule has 63 heavy (non-hydrogen) atoms. The molecular weight excluding hydrogens is 873 g/mol. The molecule has 0 saturated carbocycles. The average molecular weight is 919 g/mol. The number of ether oxygens (including phenoxy) is 2. The van der Waals surface area contributed by atoms with Crippen LogP contribution in [0.2, 0.25) is 0 Å². The molecule has 2 aromatic carbocycles. The number of benzene rings is 2. The van der Waals surface area contributed by atoms with Crippen molar-refractivity contribution >= 4 is 132 Å². The smallest absolute Gasteiger partial charge is 0.329 e. The second kappa shape index (κ2) is 20.2. The molecule has 2 aliphatic heterocycles. The van der Waals surface area contributed by atoms with Crippen LogP contribution in [-0.2, 0) is 19.1 Å². The van der Waals surface area contributed by atoms with Gasteiger partial charge in [-0.25, -0.2) is 24.7 Å². The minimum Gasteiger partial charge on any atom is -0.480 e. The molecule has 324 valence electrons. The third-order valence-electron chi connectivity index (χ3n) is 10.6. The molecule has 13 nitrogen and oxygen atoms in total. The Hall–Kier alpha value is -5.66. The number of nitrogens with one attached hydrogen (secondary N) is 3. The van der Waals surface area contributed by atoms with Gasteiger partial charge < -0.3 is 35.4 Å². The number of thiazole rings is 2. The number of nitrogens with zero attached hydrogens (tertiary/aromatic N) is 5. The highest BCUT2D eigenvalue weighted by Gasteiger charge is 2.28. The number of hydrogen-bond acceptors (Lipinski definition) is 15. The van der Waals surface area contributed by atoms with E-state index in [1.165, 1.54) is 37.9 Å². The van der Waals surface area contributed by atoms with Gasteiger partial charge in [-0.3, -0.25) is 4.79 Å². The first kappa shape index (κ1) is 44.0. The highest BCUT2D eigenvalue weighted by atomic mass is 32.1. The van der Waals surface area contributed by atoms with Crippen LogP contribution in [0.5, 0.6) is 0 Å². The van der Waals surface area contributed by atoms with Crippen LogP contribution in [-0.4, -0.2) is 94.4 Å². The number of rotatable bonds is 10. The van der Waals surface area contributed by atoms with Crippen LogP contribution in [0.1, 0.15) is 36.4 Å². The van der Waals surface area contributed by atoms with Gasteiger partial charge in [0.1, 0.15) is 22.9 Å². The second-order valence-electron chi connectivity index (χ2n) is 14.8. The predicted molar refractivity (Wildman–Crippen MR) is 260 cm³/mol. The Balaban J connectivity index is 0.000000155. The van der Waals surface area contributed by atoms with Crippen LogP contribution in [0.25, 0.3) is 52.0 Å². The summed E-state index contributed by atoms with van der Waals surface area (Å²) in [5, 5.41) is 20.7. The number of aromatic nitrogens is 4. The van der Waals surface area contributed by atoms with Crippen LogP contribution in [0.15, 0.2) is 96.2 Å². The van der Waals surface area contributed by atoms with Gasteiger partial charge in [0, 0.05) is 71.1 Å². The standard InChI is InChI=1S/C23H22N4O2S2.C20H18N4S2.C3H6O3/c1-14-16(4-3-9-27(14)22(28)12-29-2)21-11-17-18(7-8-24-23(17)31-21)26-15-5-6-20-19(10-15)25-13-30-20;1-12-14(3-2-7-21-12)19-10-15-16(6-8-22-20(15)26-19)24-13-4-5-18-17(9-13)23-11-25-18;1-6-2-3(4)5/h4-8,10-11,13-14H,3,9,12H2,1-2H3,(H,24,26);3-6,8-12,21H,2,7H2,1H3,(H,22,24);2H2,1H3,(H,4,5). The first-order valence-corrected chi connectivity index (χ1v) is 23.7. The molecule has 0 aliphatic carbocycles. The van der Waals surface area contributed by atoms with Gasteiger partial charge in [0.25, 0.3) is 0 Å². The number of aliphatic carboxylic acids is 1. The van der Waals surface area contributed by atoms with Crippen molar-refractivity contribution in [3.05, 3.63) is 106 Å². The van der Waals surface area contributed by atoms with E-state index in [2.05, 4.69) is 115 Å². The fourth-order valence-corrected chi connectivity index (χ4v) is 11.2. The van der Waals surface area contributed by atoms with Gasteiger partial charge in [0.05, 0.1) is 48.9 Å². The lowest BCUT2D eigenvalue weighted by Gasteiger charge is -2.33. The van der Waals surface area contributed by atoms with Gasteiger partial charge in [0.15, 0.2) is 0 Å². The minimum atomic E-state index is -0.933. The third kappa shape index (κ3) is 10.3. The molecular formula is C46H46N8O5S4. The van der Waals surface area contributed by atoms with Gasteiger partial charge in [-0.05, 0) is 105 Å². The first-order chi connectivity index (χ1) is 30.7. The quantitative estimate of drug-likeness (QED) is 0.103. The number of carboxylic acid groups (broad SMARTS) is 1. The second-order valence-corrected chi connectivity index (χ2v) is 18.6. The summed E-state index contributed by atoms with van der Waals surface area (Å²) in [6, 6.07) is 21.4. The van der Waals surface area contributed by atoms with Crippen LogP contribution in [0, 0.1) is 0 Å². The molecule has 4 N–H and O–H groups in total. The molecule has 0 radical (unpaired) electrons. The number of pyridine rings is 2. The highest BCUT2D eigenvalue weighted by Crippen LogP contribution is 2.39. The number of anilines is 4. The maximum Gasteiger partial charge on any atom is 0.329 e. The summed E-state index contributed by atoms with van der Waals surface area (Å²) in [6.07, 6.45) is 10.2. The molecule has 2 aliphatic rings.